The maximum atomic E-state index is 11.2. The SMILES string of the molecule is CCC(Nc1ccc(Cl)c(C(N)=O)c1)C1CC1. The number of benzene rings is 1. The Hall–Kier alpha value is -1.22. The van der Waals surface area contributed by atoms with Crippen LogP contribution in [0.4, 0.5) is 5.69 Å². The van der Waals surface area contributed by atoms with Crippen LogP contribution in [0, 0.1) is 5.92 Å². The first kappa shape index (κ1) is 12.2. The molecule has 1 fully saturated rings. The number of anilines is 1. The highest BCUT2D eigenvalue weighted by Crippen LogP contribution is 2.35. The van der Waals surface area contributed by atoms with Crippen LogP contribution < -0.4 is 11.1 Å². The predicted octanol–water partition coefficient (Wildman–Crippen LogP) is 3.04. The van der Waals surface area contributed by atoms with Crippen molar-refractivity contribution < 1.29 is 4.79 Å². The molecule has 1 unspecified atom stereocenters. The zero-order chi connectivity index (χ0) is 12.4. The molecule has 92 valence electrons. The lowest BCUT2D eigenvalue weighted by molar-refractivity contribution is 0.100. The fraction of sp³-hybridized carbons (Fsp3) is 0.462. The van der Waals surface area contributed by atoms with E-state index in [4.69, 9.17) is 17.3 Å². The zero-order valence-corrected chi connectivity index (χ0v) is 10.6. The Morgan fingerprint density at radius 2 is 2.29 bits per heavy atom. The van der Waals surface area contributed by atoms with E-state index in [1.165, 1.54) is 12.8 Å². The van der Waals surface area contributed by atoms with Crippen LogP contribution in [0.25, 0.3) is 0 Å². The summed E-state index contributed by atoms with van der Waals surface area (Å²) in [5, 5.41) is 3.85. The minimum absolute atomic E-state index is 0.377. The van der Waals surface area contributed by atoms with Gasteiger partial charge in [0.2, 0.25) is 5.91 Å². The molecule has 0 radical (unpaired) electrons. The molecule has 17 heavy (non-hydrogen) atoms. The number of hydrogen-bond donors (Lipinski definition) is 2. The van der Waals surface area contributed by atoms with Crippen molar-refractivity contribution in [3.8, 4) is 0 Å². The van der Waals surface area contributed by atoms with Gasteiger partial charge in [-0.1, -0.05) is 18.5 Å². The van der Waals surface area contributed by atoms with Gasteiger partial charge in [0.25, 0.3) is 0 Å². The highest BCUT2D eigenvalue weighted by Gasteiger charge is 2.29. The second-order valence-corrected chi connectivity index (χ2v) is 4.96. The number of amides is 1. The van der Waals surface area contributed by atoms with Crippen molar-refractivity contribution >= 4 is 23.2 Å². The summed E-state index contributed by atoms with van der Waals surface area (Å²) in [6.07, 6.45) is 3.67. The summed E-state index contributed by atoms with van der Waals surface area (Å²) in [5.74, 6) is 0.283. The van der Waals surface area contributed by atoms with Gasteiger partial charge in [-0.25, -0.2) is 0 Å². The van der Waals surface area contributed by atoms with Crippen molar-refractivity contribution in [1.29, 1.82) is 0 Å². The number of carbonyl (C=O) groups is 1. The molecule has 3 nitrogen and oxygen atoms in total. The lowest BCUT2D eigenvalue weighted by Gasteiger charge is -2.18. The van der Waals surface area contributed by atoms with Crippen LogP contribution in [-0.4, -0.2) is 11.9 Å². The summed E-state index contributed by atoms with van der Waals surface area (Å²) in [6.45, 7) is 2.17. The Balaban J connectivity index is 2.15. The summed E-state index contributed by atoms with van der Waals surface area (Å²) >= 11 is 5.91. The van der Waals surface area contributed by atoms with Crippen molar-refractivity contribution in [3.05, 3.63) is 28.8 Å². The third-order valence-corrected chi connectivity index (χ3v) is 3.54. The van der Waals surface area contributed by atoms with Gasteiger partial charge in [-0.3, -0.25) is 4.79 Å². The van der Waals surface area contributed by atoms with Crippen molar-refractivity contribution in [1.82, 2.24) is 0 Å². The van der Waals surface area contributed by atoms with E-state index in [0.29, 0.717) is 16.6 Å². The van der Waals surface area contributed by atoms with Gasteiger partial charge in [0.1, 0.15) is 0 Å². The molecule has 0 aliphatic heterocycles. The number of rotatable bonds is 5. The molecular weight excluding hydrogens is 236 g/mol. The standard InChI is InChI=1S/C13H17ClN2O/c1-2-12(8-3-4-8)16-9-5-6-11(14)10(7-9)13(15)17/h5-8,12,16H,2-4H2,1H3,(H2,15,17). The van der Waals surface area contributed by atoms with Crippen LogP contribution in [0.5, 0.6) is 0 Å². The number of nitrogens with two attached hydrogens (primary N) is 1. The van der Waals surface area contributed by atoms with Crippen LogP contribution >= 0.6 is 11.6 Å². The molecule has 0 spiro atoms. The van der Waals surface area contributed by atoms with Crippen LogP contribution in [-0.2, 0) is 0 Å². The predicted molar refractivity (Wildman–Crippen MR) is 70.4 cm³/mol. The summed E-state index contributed by atoms with van der Waals surface area (Å²) in [5.41, 5.74) is 6.56. The topological polar surface area (TPSA) is 55.1 Å². The molecular formula is C13H17ClN2O. The number of nitrogens with one attached hydrogen (secondary N) is 1. The van der Waals surface area contributed by atoms with Crippen LogP contribution in [0.1, 0.15) is 36.5 Å². The molecule has 1 aliphatic carbocycles. The Labute approximate surface area is 106 Å². The molecule has 2 rings (SSSR count). The van der Waals surface area contributed by atoms with E-state index in [1.807, 2.05) is 6.07 Å². The second kappa shape index (κ2) is 4.96. The Bertz CT molecular complexity index is 429. The molecule has 1 amide bonds. The minimum Gasteiger partial charge on any atom is -0.382 e. The van der Waals surface area contributed by atoms with Gasteiger partial charge in [0.05, 0.1) is 10.6 Å². The molecule has 0 bridgehead atoms. The van der Waals surface area contributed by atoms with E-state index >= 15 is 0 Å². The van der Waals surface area contributed by atoms with Crippen molar-refractivity contribution in [3.63, 3.8) is 0 Å². The Morgan fingerprint density at radius 1 is 1.59 bits per heavy atom. The van der Waals surface area contributed by atoms with E-state index in [9.17, 15) is 4.79 Å². The molecule has 0 aromatic heterocycles. The summed E-state index contributed by atoms with van der Waals surface area (Å²) in [7, 11) is 0. The van der Waals surface area contributed by atoms with E-state index < -0.39 is 5.91 Å². The maximum absolute atomic E-state index is 11.2. The van der Waals surface area contributed by atoms with Gasteiger partial charge in [0, 0.05) is 11.7 Å². The van der Waals surface area contributed by atoms with E-state index in [0.717, 1.165) is 18.0 Å². The zero-order valence-electron chi connectivity index (χ0n) is 9.87. The quantitative estimate of drug-likeness (QED) is 0.846. The first-order valence-corrected chi connectivity index (χ1v) is 6.35. The smallest absolute Gasteiger partial charge is 0.250 e. The molecule has 0 saturated heterocycles. The summed E-state index contributed by atoms with van der Waals surface area (Å²) in [4.78, 5) is 11.2. The van der Waals surface area contributed by atoms with Gasteiger partial charge in [0.15, 0.2) is 0 Å². The number of carbonyl (C=O) groups excluding carboxylic acids is 1. The molecule has 1 aliphatic rings. The van der Waals surface area contributed by atoms with Gasteiger partial charge < -0.3 is 11.1 Å². The normalized spacial score (nSPS) is 16.6. The largest absolute Gasteiger partial charge is 0.382 e. The molecule has 1 atom stereocenters. The molecule has 1 aromatic rings. The Kier molecular flexibility index (Phi) is 3.57. The van der Waals surface area contributed by atoms with Crippen LogP contribution in [0.15, 0.2) is 18.2 Å². The first-order chi connectivity index (χ1) is 8.11. The average molecular weight is 253 g/mol. The summed E-state index contributed by atoms with van der Waals surface area (Å²) < 4.78 is 0. The first-order valence-electron chi connectivity index (χ1n) is 5.97. The van der Waals surface area contributed by atoms with Gasteiger partial charge in [-0.2, -0.15) is 0 Å². The molecule has 0 heterocycles. The van der Waals surface area contributed by atoms with E-state index in [-0.39, 0.29) is 0 Å². The van der Waals surface area contributed by atoms with Gasteiger partial charge >= 0.3 is 0 Å². The van der Waals surface area contributed by atoms with Gasteiger partial charge in [-0.05, 0) is 43.4 Å². The monoisotopic (exact) mass is 252 g/mol. The van der Waals surface area contributed by atoms with E-state index in [1.54, 1.807) is 12.1 Å². The lowest BCUT2D eigenvalue weighted by atomic mass is 10.1. The lowest BCUT2D eigenvalue weighted by Crippen LogP contribution is -2.21. The van der Waals surface area contributed by atoms with Crippen molar-refractivity contribution in [2.75, 3.05) is 5.32 Å². The van der Waals surface area contributed by atoms with Crippen molar-refractivity contribution in [2.24, 2.45) is 11.7 Å². The maximum Gasteiger partial charge on any atom is 0.250 e. The highest BCUT2D eigenvalue weighted by atomic mass is 35.5. The van der Waals surface area contributed by atoms with Crippen LogP contribution in [0.3, 0.4) is 0 Å². The minimum atomic E-state index is -0.488. The number of halogens is 1. The van der Waals surface area contributed by atoms with Crippen molar-refractivity contribution in [2.45, 2.75) is 32.2 Å². The van der Waals surface area contributed by atoms with Gasteiger partial charge in [-0.15, -0.1) is 0 Å². The van der Waals surface area contributed by atoms with E-state index in [2.05, 4.69) is 12.2 Å². The number of hydrogen-bond acceptors (Lipinski definition) is 2. The summed E-state index contributed by atoms with van der Waals surface area (Å²) in [6, 6.07) is 5.82. The average Bonchev–Trinajstić information content (AvgIpc) is 3.11. The second-order valence-electron chi connectivity index (χ2n) is 4.56. The molecule has 1 saturated carbocycles. The molecule has 3 N–H and O–H groups in total. The highest BCUT2D eigenvalue weighted by molar-refractivity contribution is 6.33. The fourth-order valence-electron chi connectivity index (χ4n) is 2.07. The number of primary amides is 1. The third-order valence-electron chi connectivity index (χ3n) is 3.21. The Morgan fingerprint density at radius 3 is 2.82 bits per heavy atom. The third kappa shape index (κ3) is 2.91. The molecule has 1 aromatic carbocycles. The van der Waals surface area contributed by atoms with Crippen LogP contribution in [0.2, 0.25) is 5.02 Å². The fourth-order valence-corrected chi connectivity index (χ4v) is 2.28. The molecule has 4 heteroatoms.